The number of furan rings is 1. The van der Waals surface area contributed by atoms with Gasteiger partial charge in [0.15, 0.2) is 0 Å². The van der Waals surface area contributed by atoms with Gasteiger partial charge in [0, 0.05) is 13.0 Å². The van der Waals surface area contributed by atoms with Crippen LogP contribution in [0.1, 0.15) is 37.7 Å². The highest BCUT2D eigenvalue weighted by atomic mass is 16.5. The number of fused-ring (bicyclic) bond motifs is 1. The molecule has 2 N–H and O–H groups in total. The van der Waals surface area contributed by atoms with Gasteiger partial charge >= 0.3 is 0 Å². The Labute approximate surface area is 142 Å². The first-order chi connectivity index (χ1) is 11.4. The van der Waals surface area contributed by atoms with E-state index in [9.17, 15) is 4.79 Å². The van der Waals surface area contributed by atoms with Crippen LogP contribution in [0.15, 0.2) is 41.0 Å². The van der Waals surface area contributed by atoms with Crippen LogP contribution >= 0.6 is 0 Å². The van der Waals surface area contributed by atoms with Crippen LogP contribution in [0, 0.1) is 0 Å². The Kier molecular flexibility index (Phi) is 4.62. The molecule has 1 amide bonds. The summed E-state index contributed by atoms with van der Waals surface area (Å²) >= 11 is 0. The topological polar surface area (TPSA) is 63.5 Å². The first kappa shape index (κ1) is 16.6. The fraction of sp³-hybridized carbons (Fsp3) is 0.421. The number of hydrogen-bond donors (Lipinski definition) is 2. The zero-order valence-corrected chi connectivity index (χ0v) is 14.4. The number of carbonyl (C=O) groups excluding carboxylic acids is 1. The van der Waals surface area contributed by atoms with Gasteiger partial charge in [-0.3, -0.25) is 4.79 Å². The lowest BCUT2D eigenvalue weighted by Crippen LogP contribution is -2.41. The van der Waals surface area contributed by atoms with Gasteiger partial charge in [-0.05, 0) is 50.1 Å². The average Bonchev–Trinajstić information content (AvgIpc) is 3.15. The molecule has 2 aromatic rings. The molecule has 128 valence electrons. The van der Waals surface area contributed by atoms with Crippen molar-refractivity contribution in [1.29, 1.82) is 0 Å². The summed E-state index contributed by atoms with van der Waals surface area (Å²) in [4.78, 5) is 12.1. The van der Waals surface area contributed by atoms with Gasteiger partial charge in [0.1, 0.15) is 17.1 Å². The fourth-order valence-corrected chi connectivity index (χ4v) is 2.88. The van der Waals surface area contributed by atoms with Gasteiger partial charge in [0.25, 0.3) is 0 Å². The Morgan fingerprint density at radius 3 is 2.88 bits per heavy atom. The van der Waals surface area contributed by atoms with Crippen molar-refractivity contribution in [3.63, 3.8) is 0 Å². The molecule has 1 unspecified atom stereocenters. The summed E-state index contributed by atoms with van der Waals surface area (Å²) in [5, 5.41) is 6.12. The smallest absolute Gasteiger partial charge is 0.237 e. The first-order valence-corrected chi connectivity index (χ1v) is 8.27. The van der Waals surface area contributed by atoms with E-state index in [-0.39, 0.29) is 17.6 Å². The van der Waals surface area contributed by atoms with Gasteiger partial charge in [-0.2, -0.15) is 0 Å². The maximum absolute atomic E-state index is 12.1. The molecule has 0 radical (unpaired) electrons. The summed E-state index contributed by atoms with van der Waals surface area (Å²) in [5.41, 5.74) is 2.25. The second kappa shape index (κ2) is 6.69. The number of benzene rings is 1. The lowest BCUT2D eigenvalue weighted by Gasteiger charge is -2.16. The second-order valence-corrected chi connectivity index (χ2v) is 6.88. The minimum atomic E-state index is -0.277. The third-order valence-electron chi connectivity index (χ3n) is 4.15. The molecule has 0 saturated carbocycles. The van der Waals surface area contributed by atoms with Crippen molar-refractivity contribution in [2.75, 3.05) is 0 Å². The van der Waals surface area contributed by atoms with Gasteiger partial charge in [0.2, 0.25) is 5.91 Å². The van der Waals surface area contributed by atoms with Crippen LogP contribution in [-0.4, -0.2) is 17.6 Å². The highest BCUT2D eigenvalue weighted by Crippen LogP contribution is 2.35. The lowest BCUT2D eigenvalue weighted by molar-refractivity contribution is -0.123. The summed E-state index contributed by atoms with van der Waals surface area (Å²) in [6.07, 6.45) is 2.51. The molecule has 3 rings (SSSR count). The third-order valence-corrected chi connectivity index (χ3v) is 4.15. The maximum Gasteiger partial charge on any atom is 0.237 e. The lowest BCUT2D eigenvalue weighted by atomic mass is 10.0. The predicted molar refractivity (Wildman–Crippen MR) is 91.7 cm³/mol. The molecule has 0 aliphatic carbocycles. The molecule has 1 aromatic heterocycles. The minimum absolute atomic E-state index is 0.0444. The molecular weight excluding hydrogens is 304 g/mol. The van der Waals surface area contributed by atoms with Crippen molar-refractivity contribution in [1.82, 2.24) is 10.6 Å². The largest absolute Gasteiger partial charge is 0.487 e. The van der Waals surface area contributed by atoms with Gasteiger partial charge in [-0.15, -0.1) is 0 Å². The SMILES string of the molecule is CC(NCc1ccc2c(c1)CC(C)(C)O2)C(=O)NCc1ccco1. The average molecular weight is 328 g/mol. The summed E-state index contributed by atoms with van der Waals surface area (Å²) in [7, 11) is 0. The van der Waals surface area contributed by atoms with E-state index in [0.29, 0.717) is 13.1 Å². The Balaban J connectivity index is 1.49. The Hall–Kier alpha value is -2.27. The molecule has 1 aliphatic rings. The van der Waals surface area contributed by atoms with E-state index < -0.39 is 0 Å². The van der Waals surface area contributed by atoms with Crippen LogP contribution in [0.4, 0.5) is 0 Å². The van der Waals surface area contributed by atoms with Crippen LogP contribution in [0.5, 0.6) is 5.75 Å². The molecule has 2 heterocycles. The van der Waals surface area contributed by atoms with Crippen molar-refractivity contribution in [3.05, 3.63) is 53.5 Å². The van der Waals surface area contributed by atoms with E-state index in [4.69, 9.17) is 9.15 Å². The summed E-state index contributed by atoms with van der Waals surface area (Å²) in [6.45, 7) is 7.09. The standard InChI is InChI=1S/C19H24N2O3/c1-13(18(22)21-12-16-5-4-8-23-16)20-11-14-6-7-17-15(9-14)10-19(2,3)24-17/h4-9,13,20H,10-12H2,1-3H3,(H,21,22). The van der Waals surface area contributed by atoms with Gasteiger partial charge in [-0.25, -0.2) is 0 Å². The Morgan fingerprint density at radius 2 is 2.12 bits per heavy atom. The van der Waals surface area contributed by atoms with E-state index in [1.165, 1.54) is 5.56 Å². The molecule has 1 aromatic carbocycles. The van der Waals surface area contributed by atoms with Crippen LogP contribution in [0.25, 0.3) is 0 Å². The molecule has 24 heavy (non-hydrogen) atoms. The highest BCUT2D eigenvalue weighted by Gasteiger charge is 2.29. The number of nitrogens with one attached hydrogen (secondary N) is 2. The number of carbonyl (C=O) groups is 1. The van der Waals surface area contributed by atoms with Gasteiger partial charge in [-0.1, -0.05) is 12.1 Å². The Bertz CT molecular complexity index is 707. The molecule has 0 fully saturated rings. The van der Waals surface area contributed by atoms with E-state index in [2.05, 4.69) is 30.5 Å². The molecule has 5 nitrogen and oxygen atoms in total. The van der Waals surface area contributed by atoms with E-state index in [1.54, 1.807) is 6.26 Å². The quantitative estimate of drug-likeness (QED) is 0.856. The molecule has 5 heteroatoms. The van der Waals surface area contributed by atoms with Crippen LogP contribution < -0.4 is 15.4 Å². The molecular formula is C19H24N2O3. The van der Waals surface area contributed by atoms with E-state index >= 15 is 0 Å². The maximum atomic E-state index is 12.1. The Morgan fingerprint density at radius 1 is 1.29 bits per heavy atom. The van der Waals surface area contributed by atoms with Crippen LogP contribution in [0.3, 0.4) is 0 Å². The van der Waals surface area contributed by atoms with Crippen molar-refractivity contribution in [3.8, 4) is 5.75 Å². The molecule has 0 bridgehead atoms. The number of ether oxygens (including phenoxy) is 1. The first-order valence-electron chi connectivity index (χ1n) is 8.27. The third kappa shape index (κ3) is 3.97. The van der Waals surface area contributed by atoms with Crippen molar-refractivity contribution in [2.24, 2.45) is 0 Å². The van der Waals surface area contributed by atoms with Crippen molar-refractivity contribution >= 4 is 5.91 Å². The van der Waals surface area contributed by atoms with Gasteiger partial charge in [0.05, 0.1) is 18.8 Å². The fourth-order valence-electron chi connectivity index (χ4n) is 2.88. The molecule has 1 aliphatic heterocycles. The predicted octanol–water partition coefficient (Wildman–Crippen LogP) is 2.79. The molecule has 0 saturated heterocycles. The summed E-state index contributed by atoms with van der Waals surface area (Å²) < 4.78 is 11.1. The van der Waals surface area contributed by atoms with E-state index in [0.717, 1.165) is 23.5 Å². The normalized spacial score (nSPS) is 16.3. The summed E-state index contributed by atoms with van der Waals surface area (Å²) in [5.74, 6) is 1.67. The van der Waals surface area contributed by atoms with Crippen molar-refractivity contribution in [2.45, 2.75) is 51.9 Å². The van der Waals surface area contributed by atoms with E-state index in [1.807, 2.05) is 31.2 Å². The highest BCUT2D eigenvalue weighted by molar-refractivity contribution is 5.81. The number of hydrogen-bond acceptors (Lipinski definition) is 4. The summed E-state index contributed by atoms with van der Waals surface area (Å²) in [6, 6.07) is 9.59. The van der Waals surface area contributed by atoms with Gasteiger partial charge < -0.3 is 19.8 Å². The van der Waals surface area contributed by atoms with Crippen molar-refractivity contribution < 1.29 is 13.9 Å². The second-order valence-electron chi connectivity index (χ2n) is 6.88. The monoisotopic (exact) mass is 328 g/mol. The van der Waals surface area contributed by atoms with Crippen LogP contribution in [-0.2, 0) is 24.3 Å². The zero-order chi connectivity index (χ0) is 17.2. The molecule has 1 atom stereocenters. The molecule has 0 spiro atoms. The minimum Gasteiger partial charge on any atom is -0.487 e. The number of rotatable bonds is 6. The van der Waals surface area contributed by atoms with Crippen LogP contribution in [0.2, 0.25) is 0 Å². The number of amides is 1. The zero-order valence-electron chi connectivity index (χ0n) is 14.4.